The van der Waals surface area contributed by atoms with Crippen LogP contribution in [-0.2, 0) is 0 Å². The summed E-state index contributed by atoms with van der Waals surface area (Å²) in [5.41, 5.74) is 3.55. The number of aromatic nitrogens is 2. The molecule has 0 saturated heterocycles. The van der Waals surface area contributed by atoms with Gasteiger partial charge in [0.25, 0.3) is 5.91 Å². The van der Waals surface area contributed by atoms with Crippen LogP contribution in [0.3, 0.4) is 0 Å². The van der Waals surface area contributed by atoms with Crippen molar-refractivity contribution in [3.05, 3.63) is 77.2 Å². The van der Waals surface area contributed by atoms with Crippen molar-refractivity contribution in [1.29, 1.82) is 0 Å². The van der Waals surface area contributed by atoms with Gasteiger partial charge in [0.2, 0.25) is 0 Å². The van der Waals surface area contributed by atoms with Crippen LogP contribution >= 0.6 is 0 Å². The molecule has 0 atom stereocenters. The number of rotatable bonds is 6. The summed E-state index contributed by atoms with van der Waals surface area (Å²) < 4.78 is 0. The summed E-state index contributed by atoms with van der Waals surface area (Å²) in [6.07, 6.45) is 0. The van der Waals surface area contributed by atoms with E-state index in [0.29, 0.717) is 29.4 Å². The van der Waals surface area contributed by atoms with Crippen molar-refractivity contribution in [2.75, 3.05) is 16.8 Å². The van der Waals surface area contributed by atoms with Crippen LogP contribution in [0.4, 0.5) is 17.2 Å². The highest BCUT2D eigenvalue weighted by Crippen LogP contribution is 2.21. The van der Waals surface area contributed by atoms with E-state index in [4.69, 9.17) is 0 Å². The molecule has 1 N–H and O–H groups in total. The number of nitrogens with one attached hydrogen (secondary N) is 1. The predicted molar refractivity (Wildman–Crippen MR) is 115 cm³/mol. The molecule has 148 valence electrons. The number of carbonyl (C=O) groups excluding carboxylic acids is 2. The molecule has 0 radical (unpaired) electrons. The van der Waals surface area contributed by atoms with Gasteiger partial charge in [-0.25, -0.2) is 9.97 Å². The van der Waals surface area contributed by atoms with Crippen molar-refractivity contribution >= 4 is 28.9 Å². The fourth-order valence-electron chi connectivity index (χ4n) is 3.08. The number of aryl methyl sites for hydroxylation is 2. The molecule has 3 rings (SSSR count). The van der Waals surface area contributed by atoms with E-state index in [0.717, 1.165) is 16.9 Å². The molecule has 0 aliphatic carbocycles. The van der Waals surface area contributed by atoms with Gasteiger partial charge in [0.1, 0.15) is 17.3 Å². The van der Waals surface area contributed by atoms with Crippen molar-refractivity contribution in [1.82, 2.24) is 9.97 Å². The highest BCUT2D eigenvalue weighted by atomic mass is 16.2. The molecular formula is C23H24N4O2. The molecule has 0 spiro atoms. The summed E-state index contributed by atoms with van der Waals surface area (Å²) in [5.74, 6) is 0.785. The van der Waals surface area contributed by atoms with E-state index >= 15 is 0 Å². The Morgan fingerprint density at radius 1 is 1.00 bits per heavy atom. The highest BCUT2D eigenvalue weighted by molar-refractivity contribution is 6.05. The van der Waals surface area contributed by atoms with Gasteiger partial charge in [-0.15, -0.1) is 0 Å². The molecule has 1 aromatic heterocycles. The summed E-state index contributed by atoms with van der Waals surface area (Å²) in [4.78, 5) is 35.2. The van der Waals surface area contributed by atoms with Gasteiger partial charge in [-0.05, 0) is 57.5 Å². The Kier molecular flexibility index (Phi) is 6.02. The molecule has 1 amide bonds. The highest BCUT2D eigenvalue weighted by Gasteiger charge is 2.19. The van der Waals surface area contributed by atoms with E-state index < -0.39 is 0 Å². The fraction of sp³-hybridized carbons (Fsp3) is 0.217. The van der Waals surface area contributed by atoms with Crippen LogP contribution in [0.2, 0.25) is 0 Å². The second-order valence-electron chi connectivity index (χ2n) is 6.84. The quantitative estimate of drug-likeness (QED) is 0.619. The maximum Gasteiger partial charge on any atom is 0.277 e. The van der Waals surface area contributed by atoms with Crippen LogP contribution < -0.4 is 10.2 Å². The second kappa shape index (κ2) is 8.65. The minimum absolute atomic E-state index is 0.0138. The third-order valence-electron chi connectivity index (χ3n) is 4.47. The standard InChI is InChI=1S/C23H24N4O2/c1-5-27(20-11-6-8-15(2)12-20)23(29)21-14-22(25-17(4)24-21)26-19-10-7-9-18(13-19)16(3)28/h6-14H,5H2,1-4H3,(H,24,25,26). The Morgan fingerprint density at radius 2 is 1.76 bits per heavy atom. The average molecular weight is 388 g/mol. The molecule has 0 fully saturated rings. The number of amides is 1. The molecule has 3 aromatic rings. The normalized spacial score (nSPS) is 10.5. The van der Waals surface area contributed by atoms with Crippen molar-refractivity contribution in [2.45, 2.75) is 27.7 Å². The number of hydrogen-bond donors (Lipinski definition) is 1. The smallest absolute Gasteiger partial charge is 0.277 e. The zero-order valence-electron chi connectivity index (χ0n) is 17.1. The molecule has 0 aliphatic heterocycles. The first-order chi connectivity index (χ1) is 13.9. The van der Waals surface area contributed by atoms with Crippen LogP contribution in [0.1, 0.15) is 46.1 Å². The van der Waals surface area contributed by atoms with Crippen molar-refractivity contribution < 1.29 is 9.59 Å². The van der Waals surface area contributed by atoms with Gasteiger partial charge in [0.05, 0.1) is 0 Å². The van der Waals surface area contributed by atoms with E-state index in [1.165, 1.54) is 6.92 Å². The van der Waals surface area contributed by atoms with Gasteiger partial charge in [-0.1, -0.05) is 24.3 Å². The molecule has 6 heteroatoms. The molecular weight excluding hydrogens is 364 g/mol. The minimum atomic E-state index is -0.191. The van der Waals surface area contributed by atoms with Crippen molar-refractivity contribution in [3.8, 4) is 0 Å². The third kappa shape index (κ3) is 4.85. The first-order valence-electron chi connectivity index (χ1n) is 9.49. The lowest BCUT2D eigenvalue weighted by Gasteiger charge is -2.21. The summed E-state index contributed by atoms with van der Waals surface area (Å²) >= 11 is 0. The van der Waals surface area contributed by atoms with Gasteiger partial charge >= 0.3 is 0 Å². The largest absolute Gasteiger partial charge is 0.340 e. The first kappa shape index (κ1) is 20.2. The zero-order chi connectivity index (χ0) is 21.0. The maximum absolute atomic E-state index is 13.2. The topological polar surface area (TPSA) is 75.2 Å². The van der Waals surface area contributed by atoms with E-state index in [1.54, 1.807) is 36.1 Å². The van der Waals surface area contributed by atoms with Gasteiger partial charge in [0, 0.05) is 29.5 Å². The van der Waals surface area contributed by atoms with Gasteiger partial charge < -0.3 is 10.2 Å². The summed E-state index contributed by atoms with van der Waals surface area (Å²) in [7, 11) is 0. The molecule has 0 bridgehead atoms. The predicted octanol–water partition coefficient (Wildman–Crippen LogP) is 4.71. The molecule has 6 nitrogen and oxygen atoms in total. The first-order valence-corrected chi connectivity index (χ1v) is 9.49. The Bertz CT molecular complexity index is 1060. The lowest BCUT2D eigenvalue weighted by Crippen LogP contribution is -2.31. The summed E-state index contributed by atoms with van der Waals surface area (Å²) in [6.45, 7) is 7.72. The SMILES string of the molecule is CCN(C(=O)c1cc(Nc2cccc(C(C)=O)c2)nc(C)n1)c1cccc(C)c1. The Labute approximate surface area is 170 Å². The van der Waals surface area contributed by atoms with E-state index in [9.17, 15) is 9.59 Å². The average Bonchev–Trinajstić information content (AvgIpc) is 2.68. The summed E-state index contributed by atoms with van der Waals surface area (Å²) in [6, 6.07) is 16.6. The molecule has 1 heterocycles. The van der Waals surface area contributed by atoms with E-state index in [-0.39, 0.29) is 11.7 Å². The Morgan fingerprint density at radius 3 is 2.45 bits per heavy atom. The van der Waals surface area contributed by atoms with Crippen LogP contribution in [0, 0.1) is 13.8 Å². The maximum atomic E-state index is 13.2. The lowest BCUT2D eigenvalue weighted by molar-refractivity contribution is 0.0981. The van der Waals surface area contributed by atoms with Crippen LogP contribution in [0.15, 0.2) is 54.6 Å². The monoisotopic (exact) mass is 388 g/mol. The molecule has 29 heavy (non-hydrogen) atoms. The zero-order valence-corrected chi connectivity index (χ0v) is 17.1. The third-order valence-corrected chi connectivity index (χ3v) is 4.47. The molecule has 0 unspecified atom stereocenters. The number of benzene rings is 2. The number of carbonyl (C=O) groups is 2. The molecule has 2 aromatic carbocycles. The molecule has 0 aliphatic rings. The van der Waals surface area contributed by atoms with Crippen molar-refractivity contribution in [3.63, 3.8) is 0 Å². The Hall–Kier alpha value is -3.54. The van der Waals surface area contributed by atoms with Gasteiger partial charge in [-0.2, -0.15) is 0 Å². The number of anilines is 3. The number of Topliss-reactive ketones (excluding diaryl/α,β-unsaturated/α-hetero) is 1. The Balaban J connectivity index is 1.91. The minimum Gasteiger partial charge on any atom is -0.340 e. The lowest BCUT2D eigenvalue weighted by atomic mass is 10.1. The fourth-order valence-corrected chi connectivity index (χ4v) is 3.08. The van der Waals surface area contributed by atoms with Crippen LogP contribution in [0.25, 0.3) is 0 Å². The van der Waals surface area contributed by atoms with Crippen LogP contribution in [-0.4, -0.2) is 28.2 Å². The van der Waals surface area contributed by atoms with Crippen molar-refractivity contribution in [2.24, 2.45) is 0 Å². The van der Waals surface area contributed by atoms with Crippen LogP contribution in [0.5, 0.6) is 0 Å². The number of hydrogen-bond acceptors (Lipinski definition) is 5. The molecule has 0 saturated carbocycles. The van der Waals surface area contributed by atoms with E-state index in [2.05, 4.69) is 15.3 Å². The number of ketones is 1. The number of nitrogens with zero attached hydrogens (tertiary/aromatic N) is 3. The van der Waals surface area contributed by atoms with E-state index in [1.807, 2.05) is 44.2 Å². The van der Waals surface area contributed by atoms with Gasteiger partial charge in [0.15, 0.2) is 5.78 Å². The second-order valence-corrected chi connectivity index (χ2v) is 6.84. The van der Waals surface area contributed by atoms with Gasteiger partial charge in [-0.3, -0.25) is 9.59 Å². The summed E-state index contributed by atoms with van der Waals surface area (Å²) in [5, 5.41) is 3.17.